The SMILES string of the molecule is CNC(Cc1nc(CSc2cccc(F)c2)no1)C1CC1. The van der Waals surface area contributed by atoms with Crippen LogP contribution in [0.5, 0.6) is 0 Å². The summed E-state index contributed by atoms with van der Waals surface area (Å²) < 4.78 is 18.4. The number of aromatic nitrogens is 2. The molecule has 1 saturated carbocycles. The molecule has 112 valence electrons. The second kappa shape index (κ2) is 6.58. The van der Waals surface area contributed by atoms with Crippen LogP contribution in [0.3, 0.4) is 0 Å². The van der Waals surface area contributed by atoms with E-state index in [0.29, 0.717) is 23.5 Å². The zero-order valence-electron chi connectivity index (χ0n) is 11.9. The van der Waals surface area contributed by atoms with Crippen molar-refractivity contribution in [3.63, 3.8) is 0 Å². The average Bonchev–Trinajstić information content (AvgIpc) is 3.23. The van der Waals surface area contributed by atoms with E-state index in [-0.39, 0.29) is 5.82 Å². The van der Waals surface area contributed by atoms with E-state index in [9.17, 15) is 4.39 Å². The molecule has 6 heteroatoms. The fraction of sp³-hybridized carbons (Fsp3) is 0.467. The van der Waals surface area contributed by atoms with Crippen molar-refractivity contribution in [2.24, 2.45) is 5.92 Å². The van der Waals surface area contributed by atoms with Gasteiger partial charge in [-0.05, 0) is 44.0 Å². The van der Waals surface area contributed by atoms with Gasteiger partial charge in [-0.3, -0.25) is 0 Å². The number of rotatable bonds is 7. The molecular formula is C15H18FN3OS. The average molecular weight is 307 g/mol. The van der Waals surface area contributed by atoms with Crippen molar-refractivity contribution in [2.45, 2.75) is 36.0 Å². The van der Waals surface area contributed by atoms with Gasteiger partial charge in [0.05, 0.1) is 5.75 Å². The minimum absolute atomic E-state index is 0.227. The van der Waals surface area contributed by atoms with E-state index in [2.05, 4.69) is 15.5 Å². The Morgan fingerprint density at radius 1 is 1.48 bits per heavy atom. The summed E-state index contributed by atoms with van der Waals surface area (Å²) in [4.78, 5) is 5.28. The fourth-order valence-corrected chi connectivity index (χ4v) is 3.11. The second-order valence-corrected chi connectivity index (χ2v) is 6.34. The predicted octanol–water partition coefficient (Wildman–Crippen LogP) is 3.04. The van der Waals surface area contributed by atoms with Gasteiger partial charge in [0.15, 0.2) is 5.82 Å². The third kappa shape index (κ3) is 4.04. The Morgan fingerprint density at radius 2 is 2.33 bits per heavy atom. The summed E-state index contributed by atoms with van der Waals surface area (Å²) in [6, 6.07) is 6.95. The van der Waals surface area contributed by atoms with E-state index >= 15 is 0 Å². The molecule has 21 heavy (non-hydrogen) atoms. The van der Waals surface area contributed by atoms with E-state index in [1.807, 2.05) is 13.1 Å². The molecular weight excluding hydrogens is 289 g/mol. The highest BCUT2D eigenvalue weighted by Crippen LogP contribution is 2.33. The van der Waals surface area contributed by atoms with Crippen LogP contribution in [0.2, 0.25) is 0 Å². The van der Waals surface area contributed by atoms with Crippen molar-refractivity contribution in [1.82, 2.24) is 15.5 Å². The molecule has 2 aromatic rings. The lowest BCUT2D eigenvalue weighted by Crippen LogP contribution is -2.29. The lowest BCUT2D eigenvalue weighted by Gasteiger charge is -2.11. The fourth-order valence-electron chi connectivity index (χ4n) is 2.33. The molecule has 0 aliphatic heterocycles. The molecule has 1 aliphatic rings. The topological polar surface area (TPSA) is 51.0 Å². The number of halogens is 1. The molecule has 1 N–H and O–H groups in total. The molecule has 0 spiro atoms. The van der Waals surface area contributed by atoms with Gasteiger partial charge in [-0.1, -0.05) is 11.2 Å². The van der Waals surface area contributed by atoms with E-state index in [1.165, 1.54) is 36.7 Å². The maximum absolute atomic E-state index is 13.1. The summed E-state index contributed by atoms with van der Waals surface area (Å²) in [7, 11) is 1.97. The maximum atomic E-state index is 13.1. The zero-order chi connectivity index (χ0) is 14.7. The van der Waals surface area contributed by atoms with Crippen LogP contribution in [0, 0.1) is 11.7 Å². The van der Waals surface area contributed by atoms with Crippen LogP contribution in [0.15, 0.2) is 33.7 Å². The standard InChI is InChI=1S/C15H18FN3OS/c1-17-13(10-5-6-10)8-15-18-14(19-20-15)9-21-12-4-2-3-11(16)7-12/h2-4,7,10,13,17H,5-6,8-9H2,1H3. The smallest absolute Gasteiger partial charge is 0.228 e. The molecule has 3 rings (SSSR count). The first-order valence-corrected chi connectivity index (χ1v) is 8.10. The first-order valence-electron chi connectivity index (χ1n) is 7.11. The first-order chi connectivity index (χ1) is 10.2. The van der Waals surface area contributed by atoms with Gasteiger partial charge in [0, 0.05) is 17.4 Å². The summed E-state index contributed by atoms with van der Waals surface area (Å²) in [6.45, 7) is 0. The number of hydrogen-bond acceptors (Lipinski definition) is 5. The van der Waals surface area contributed by atoms with Crippen molar-refractivity contribution in [1.29, 1.82) is 0 Å². The summed E-state index contributed by atoms with van der Waals surface area (Å²) in [5, 5.41) is 7.30. The van der Waals surface area contributed by atoms with Gasteiger partial charge in [0.25, 0.3) is 0 Å². The molecule has 0 amide bonds. The van der Waals surface area contributed by atoms with E-state index in [1.54, 1.807) is 6.07 Å². The van der Waals surface area contributed by atoms with Crippen LogP contribution in [0.4, 0.5) is 4.39 Å². The Kier molecular flexibility index (Phi) is 4.55. The zero-order valence-corrected chi connectivity index (χ0v) is 12.7. The molecule has 1 unspecified atom stereocenters. The molecule has 1 heterocycles. The van der Waals surface area contributed by atoms with Crippen LogP contribution in [0.25, 0.3) is 0 Å². The van der Waals surface area contributed by atoms with E-state index in [4.69, 9.17) is 4.52 Å². The Balaban J connectivity index is 1.55. The monoisotopic (exact) mass is 307 g/mol. The molecule has 1 aromatic carbocycles. The second-order valence-electron chi connectivity index (χ2n) is 5.29. The predicted molar refractivity (Wildman–Crippen MR) is 79.5 cm³/mol. The van der Waals surface area contributed by atoms with Crippen molar-refractivity contribution in [3.05, 3.63) is 41.8 Å². The number of nitrogens with zero attached hydrogens (tertiary/aromatic N) is 2. The quantitative estimate of drug-likeness (QED) is 0.797. The third-order valence-corrected chi connectivity index (χ3v) is 4.62. The number of hydrogen-bond donors (Lipinski definition) is 1. The van der Waals surface area contributed by atoms with Crippen LogP contribution in [0.1, 0.15) is 24.6 Å². The molecule has 1 fully saturated rings. The van der Waals surface area contributed by atoms with Crippen molar-refractivity contribution >= 4 is 11.8 Å². The van der Waals surface area contributed by atoms with Gasteiger partial charge in [0.2, 0.25) is 5.89 Å². The van der Waals surface area contributed by atoms with Crippen LogP contribution in [-0.2, 0) is 12.2 Å². The highest BCUT2D eigenvalue weighted by atomic mass is 32.2. The van der Waals surface area contributed by atoms with Gasteiger partial charge in [-0.25, -0.2) is 4.39 Å². The lowest BCUT2D eigenvalue weighted by molar-refractivity contribution is 0.349. The summed E-state index contributed by atoms with van der Waals surface area (Å²) >= 11 is 1.50. The largest absolute Gasteiger partial charge is 0.339 e. The molecule has 1 aliphatic carbocycles. The molecule has 0 radical (unpaired) electrons. The number of benzene rings is 1. The minimum atomic E-state index is -0.227. The van der Waals surface area contributed by atoms with Crippen molar-refractivity contribution in [2.75, 3.05) is 7.05 Å². The molecule has 0 saturated heterocycles. The minimum Gasteiger partial charge on any atom is -0.339 e. The third-order valence-electron chi connectivity index (χ3n) is 3.63. The summed E-state index contributed by atoms with van der Waals surface area (Å²) in [5.74, 6) is 2.43. The highest BCUT2D eigenvalue weighted by Gasteiger charge is 2.31. The normalized spacial score (nSPS) is 16.1. The number of thioether (sulfide) groups is 1. The number of likely N-dealkylation sites (N-methyl/N-ethyl adjacent to an activating group) is 1. The van der Waals surface area contributed by atoms with Crippen LogP contribution < -0.4 is 5.32 Å². The number of nitrogens with one attached hydrogen (secondary N) is 1. The van der Waals surface area contributed by atoms with E-state index in [0.717, 1.165) is 17.2 Å². The summed E-state index contributed by atoms with van der Waals surface area (Å²) in [5.41, 5.74) is 0. The summed E-state index contributed by atoms with van der Waals surface area (Å²) in [6.07, 6.45) is 3.34. The van der Waals surface area contributed by atoms with Gasteiger partial charge < -0.3 is 9.84 Å². The molecule has 4 nitrogen and oxygen atoms in total. The first kappa shape index (κ1) is 14.5. The Labute approximate surface area is 127 Å². The molecule has 0 bridgehead atoms. The van der Waals surface area contributed by atoms with Gasteiger partial charge in [0.1, 0.15) is 5.82 Å². The molecule has 1 aromatic heterocycles. The Morgan fingerprint density at radius 3 is 3.05 bits per heavy atom. The Hall–Kier alpha value is -1.40. The highest BCUT2D eigenvalue weighted by molar-refractivity contribution is 7.98. The van der Waals surface area contributed by atoms with Crippen LogP contribution in [-0.4, -0.2) is 23.2 Å². The molecule has 1 atom stereocenters. The van der Waals surface area contributed by atoms with Crippen molar-refractivity contribution < 1.29 is 8.91 Å². The lowest BCUT2D eigenvalue weighted by atomic mass is 10.1. The van der Waals surface area contributed by atoms with Gasteiger partial charge in [-0.2, -0.15) is 4.98 Å². The Bertz CT molecular complexity index is 600. The van der Waals surface area contributed by atoms with Gasteiger partial charge in [-0.15, -0.1) is 11.8 Å². The van der Waals surface area contributed by atoms with Crippen molar-refractivity contribution in [3.8, 4) is 0 Å². The van der Waals surface area contributed by atoms with E-state index < -0.39 is 0 Å². The van der Waals surface area contributed by atoms with Crippen LogP contribution >= 0.6 is 11.8 Å². The van der Waals surface area contributed by atoms with Gasteiger partial charge >= 0.3 is 0 Å². The maximum Gasteiger partial charge on any atom is 0.228 e.